The summed E-state index contributed by atoms with van der Waals surface area (Å²) in [6, 6.07) is 11.2. The molecular formula is C20H29N5O. The summed E-state index contributed by atoms with van der Waals surface area (Å²) in [5, 5.41) is 6.73. The van der Waals surface area contributed by atoms with Crippen molar-refractivity contribution >= 4 is 5.96 Å². The Labute approximate surface area is 155 Å². The molecule has 1 saturated heterocycles. The van der Waals surface area contributed by atoms with Crippen molar-refractivity contribution in [2.24, 2.45) is 4.99 Å². The van der Waals surface area contributed by atoms with Gasteiger partial charge in [-0.05, 0) is 38.8 Å². The first-order valence-electron chi connectivity index (χ1n) is 9.31. The molecule has 1 unspecified atom stereocenters. The van der Waals surface area contributed by atoms with E-state index in [1.165, 1.54) is 18.4 Å². The minimum atomic E-state index is 0.528. The van der Waals surface area contributed by atoms with Crippen molar-refractivity contribution < 1.29 is 4.42 Å². The molecule has 6 nitrogen and oxygen atoms in total. The number of aryl methyl sites for hydroxylation is 2. The van der Waals surface area contributed by atoms with Crippen LogP contribution in [0.1, 0.15) is 35.7 Å². The Hall–Kier alpha value is -2.34. The van der Waals surface area contributed by atoms with Crippen LogP contribution in [0.15, 0.2) is 39.7 Å². The molecule has 1 atom stereocenters. The Balaban J connectivity index is 1.48. The average molecular weight is 355 g/mol. The molecule has 3 rings (SSSR count). The topological polar surface area (TPSA) is 65.7 Å². The van der Waals surface area contributed by atoms with Crippen LogP contribution >= 0.6 is 0 Å². The number of oxazole rings is 1. The minimum Gasteiger partial charge on any atom is -0.444 e. The molecule has 1 aromatic carbocycles. The number of guanidine groups is 1. The third kappa shape index (κ3) is 4.85. The van der Waals surface area contributed by atoms with Gasteiger partial charge in [0.05, 0.1) is 12.2 Å². The average Bonchev–Trinajstić information content (AvgIpc) is 3.22. The number of likely N-dealkylation sites (tertiary alicyclic amines) is 1. The summed E-state index contributed by atoms with van der Waals surface area (Å²) in [6.45, 7) is 7.47. The molecule has 6 heteroatoms. The summed E-state index contributed by atoms with van der Waals surface area (Å²) in [4.78, 5) is 11.3. The van der Waals surface area contributed by atoms with Gasteiger partial charge >= 0.3 is 0 Å². The number of rotatable bonds is 6. The highest BCUT2D eigenvalue weighted by Gasteiger charge is 2.24. The van der Waals surface area contributed by atoms with Crippen molar-refractivity contribution in [1.82, 2.24) is 20.5 Å². The summed E-state index contributed by atoms with van der Waals surface area (Å²) < 4.78 is 5.61. The lowest BCUT2D eigenvalue weighted by atomic mass is 10.2. The number of aliphatic imine (C=N–C) groups is 1. The largest absolute Gasteiger partial charge is 0.444 e. The van der Waals surface area contributed by atoms with E-state index in [9.17, 15) is 0 Å². The minimum absolute atomic E-state index is 0.528. The lowest BCUT2D eigenvalue weighted by Crippen LogP contribution is -2.44. The van der Waals surface area contributed by atoms with E-state index in [1.54, 1.807) is 7.05 Å². The van der Waals surface area contributed by atoms with Crippen LogP contribution in [0.5, 0.6) is 0 Å². The van der Waals surface area contributed by atoms with E-state index in [0.717, 1.165) is 37.0 Å². The maximum atomic E-state index is 5.61. The fourth-order valence-electron chi connectivity index (χ4n) is 3.36. The highest BCUT2D eigenvalue weighted by molar-refractivity contribution is 5.79. The van der Waals surface area contributed by atoms with Gasteiger partial charge in [0.25, 0.3) is 0 Å². The quantitative estimate of drug-likeness (QED) is 0.616. The number of nitrogens with one attached hydrogen (secondary N) is 2. The van der Waals surface area contributed by atoms with Crippen molar-refractivity contribution in [3.8, 4) is 0 Å². The van der Waals surface area contributed by atoms with Crippen LogP contribution in [-0.4, -0.2) is 42.0 Å². The second-order valence-electron chi connectivity index (χ2n) is 6.81. The van der Waals surface area contributed by atoms with Crippen LogP contribution in [-0.2, 0) is 13.1 Å². The third-order valence-corrected chi connectivity index (χ3v) is 4.94. The van der Waals surface area contributed by atoms with E-state index < -0.39 is 0 Å². The summed E-state index contributed by atoms with van der Waals surface area (Å²) in [5.41, 5.74) is 2.31. The fraction of sp³-hybridized carbons (Fsp3) is 0.500. The van der Waals surface area contributed by atoms with Gasteiger partial charge in [0.15, 0.2) is 5.96 Å². The van der Waals surface area contributed by atoms with Crippen LogP contribution < -0.4 is 10.6 Å². The van der Waals surface area contributed by atoms with Crippen molar-refractivity contribution in [2.75, 3.05) is 20.1 Å². The van der Waals surface area contributed by atoms with Gasteiger partial charge in [-0.15, -0.1) is 0 Å². The van der Waals surface area contributed by atoms with E-state index in [4.69, 9.17) is 4.42 Å². The number of hydrogen-bond donors (Lipinski definition) is 2. The smallest absolute Gasteiger partial charge is 0.214 e. The first-order chi connectivity index (χ1) is 12.7. The SMILES string of the molecule is CN=C(NCc1nc(C)c(C)o1)NCC1CCCN1Cc1ccccc1. The maximum Gasteiger partial charge on any atom is 0.214 e. The zero-order chi connectivity index (χ0) is 18.4. The fourth-order valence-corrected chi connectivity index (χ4v) is 3.36. The van der Waals surface area contributed by atoms with E-state index in [0.29, 0.717) is 18.5 Å². The predicted octanol–water partition coefficient (Wildman–Crippen LogP) is 2.62. The van der Waals surface area contributed by atoms with Crippen LogP contribution in [0.25, 0.3) is 0 Å². The first-order valence-corrected chi connectivity index (χ1v) is 9.31. The first kappa shape index (κ1) is 18.5. The zero-order valence-electron chi connectivity index (χ0n) is 16.0. The lowest BCUT2D eigenvalue weighted by molar-refractivity contribution is 0.245. The molecule has 0 aliphatic carbocycles. The molecule has 26 heavy (non-hydrogen) atoms. The molecule has 1 aliphatic heterocycles. The van der Waals surface area contributed by atoms with Gasteiger partial charge in [0.2, 0.25) is 5.89 Å². The normalized spacial score (nSPS) is 18.3. The molecule has 0 bridgehead atoms. The van der Waals surface area contributed by atoms with E-state index >= 15 is 0 Å². The standard InChI is InChI=1S/C20H29N5O/c1-15-16(2)26-19(24-15)13-23-20(21-3)22-12-18-10-7-11-25(18)14-17-8-5-4-6-9-17/h4-6,8-9,18H,7,10-14H2,1-3H3,(H2,21,22,23). The summed E-state index contributed by atoms with van der Waals surface area (Å²) in [5.74, 6) is 2.34. The number of aromatic nitrogens is 1. The molecule has 2 N–H and O–H groups in total. The highest BCUT2D eigenvalue weighted by Crippen LogP contribution is 2.19. The molecule has 1 aliphatic rings. The van der Waals surface area contributed by atoms with Crippen molar-refractivity contribution in [1.29, 1.82) is 0 Å². The van der Waals surface area contributed by atoms with Gasteiger partial charge in [-0.1, -0.05) is 30.3 Å². The summed E-state index contributed by atoms with van der Waals surface area (Å²) in [7, 11) is 1.79. The van der Waals surface area contributed by atoms with Crippen LogP contribution in [0, 0.1) is 13.8 Å². The highest BCUT2D eigenvalue weighted by atomic mass is 16.4. The molecule has 0 spiro atoms. The van der Waals surface area contributed by atoms with Crippen LogP contribution in [0.3, 0.4) is 0 Å². The van der Waals surface area contributed by atoms with Gasteiger partial charge in [-0.25, -0.2) is 4.98 Å². The van der Waals surface area contributed by atoms with Gasteiger partial charge in [0.1, 0.15) is 5.76 Å². The van der Waals surface area contributed by atoms with Crippen molar-refractivity contribution in [3.05, 3.63) is 53.2 Å². The van der Waals surface area contributed by atoms with Crippen molar-refractivity contribution in [2.45, 2.75) is 45.8 Å². The van der Waals surface area contributed by atoms with Gasteiger partial charge in [-0.2, -0.15) is 0 Å². The second-order valence-corrected chi connectivity index (χ2v) is 6.81. The van der Waals surface area contributed by atoms with E-state index in [2.05, 4.69) is 55.8 Å². The Bertz CT molecular complexity index is 706. The molecule has 2 heterocycles. The number of hydrogen-bond acceptors (Lipinski definition) is 4. The van der Waals surface area contributed by atoms with E-state index in [1.807, 2.05) is 13.8 Å². The van der Waals surface area contributed by atoms with Gasteiger partial charge in [-0.3, -0.25) is 9.89 Å². The number of nitrogens with zero attached hydrogens (tertiary/aromatic N) is 3. The monoisotopic (exact) mass is 355 g/mol. The second kappa shape index (κ2) is 8.85. The Morgan fingerprint density at radius 1 is 1.27 bits per heavy atom. The molecule has 0 saturated carbocycles. The van der Waals surface area contributed by atoms with E-state index in [-0.39, 0.29) is 0 Å². The Morgan fingerprint density at radius 2 is 2.08 bits per heavy atom. The molecule has 0 amide bonds. The molecule has 1 fully saturated rings. The Kier molecular flexibility index (Phi) is 6.28. The molecular weight excluding hydrogens is 326 g/mol. The van der Waals surface area contributed by atoms with Gasteiger partial charge < -0.3 is 15.1 Å². The van der Waals surface area contributed by atoms with Crippen LogP contribution in [0.4, 0.5) is 0 Å². The maximum absolute atomic E-state index is 5.61. The predicted molar refractivity (Wildman–Crippen MR) is 104 cm³/mol. The summed E-state index contributed by atoms with van der Waals surface area (Å²) >= 11 is 0. The zero-order valence-corrected chi connectivity index (χ0v) is 16.0. The number of benzene rings is 1. The van der Waals surface area contributed by atoms with Crippen LogP contribution in [0.2, 0.25) is 0 Å². The Morgan fingerprint density at radius 3 is 2.77 bits per heavy atom. The molecule has 2 aromatic rings. The molecule has 1 aromatic heterocycles. The lowest BCUT2D eigenvalue weighted by Gasteiger charge is -2.25. The van der Waals surface area contributed by atoms with Crippen molar-refractivity contribution in [3.63, 3.8) is 0 Å². The molecule has 140 valence electrons. The van der Waals surface area contributed by atoms with Gasteiger partial charge in [0, 0.05) is 26.2 Å². The third-order valence-electron chi connectivity index (χ3n) is 4.94. The summed E-state index contributed by atoms with van der Waals surface area (Å²) in [6.07, 6.45) is 2.47. The molecule has 0 radical (unpaired) electrons.